The van der Waals surface area contributed by atoms with E-state index < -0.39 is 11.9 Å². The minimum atomic E-state index is -0.581. The number of thiophene rings is 1. The average molecular weight is 486 g/mol. The molecule has 0 radical (unpaired) electrons. The Morgan fingerprint density at radius 1 is 1.07 bits per heavy atom. The minimum Gasteiger partial charge on any atom is -0.462 e. The molecule has 0 saturated heterocycles. The van der Waals surface area contributed by atoms with Gasteiger partial charge in [0.1, 0.15) is 9.88 Å². The molecule has 0 atom stereocenters. The van der Waals surface area contributed by atoms with Crippen LogP contribution >= 0.6 is 39.0 Å². The third kappa shape index (κ3) is 5.83. The largest absolute Gasteiger partial charge is 0.462 e. The van der Waals surface area contributed by atoms with Gasteiger partial charge >= 0.3 is 11.9 Å². The fourth-order valence-corrected chi connectivity index (χ4v) is 4.35. The van der Waals surface area contributed by atoms with Gasteiger partial charge in [-0.05, 0) is 50.6 Å². The maximum atomic E-state index is 12.4. The fraction of sp³-hybridized carbons (Fsp3) is 0.316. The lowest BCUT2D eigenvalue weighted by atomic mass is 10.1. The van der Waals surface area contributed by atoms with Crippen molar-refractivity contribution >= 4 is 61.9 Å². The predicted octanol–water partition coefficient (Wildman–Crippen LogP) is 4.90. The zero-order valence-corrected chi connectivity index (χ0v) is 18.9. The van der Waals surface area contributed by atoms with Crippen LogP contribution in [0.1, 0.15) is 39.4 Å². The summed E-state index contributed by atoms with van der Waals surface area (Å²) in [6.45, 7) is 5.45. The summed E-state index contributed by atoms with van der Waals surface area (Å²) in [4.78, 5) is 38.1. The maximum absolute atomic E-state index is 12.4. The summed E-state index contributed by atoms with van der Waals surface area (Å²) in [5.74, 6) is -1.23. The van der Waals surface area contributed by atoms with Gasteiger partial charge < -0.3 is 14.8 Å². The quantitative estimate of drug-likeness (QED) is 0.422. The number of carbonyl (C=O) groups is 3. The highest BCUT2D eigenvalue weighted by atomic mass is 79.9. The van der Waals surface area contributed by atoms with Crippen molar-refractivity contribution in [3.63, 3.8) is 0 Å². The van der Waals surface area contributed by atoms with Gasteiger partial charge in [-0.2, -0.15) is 0 Å². The van der Waals surface area contributed by atoms with Crippen molar-refractivity contribution in [2.45, 2.75) is 25.7 Å². The second-order valence-electron chi connectivity index (χ2n) is 5.49. The van der Waals surface area contributed by atoms with Crippen LogP contribution in [0.15, 0.2) is 33.6 Å². The number of hydrogen-bond acceptors (Lipinski definition) is 7. The van der Waals surface area contributed by atoms with Gasteiger partial charge in [0, 0.05) is 9.37 Å². The lowest BCUT2D eigenvalue weighted by molar-refractivity contribution is -0.113. The van der Waals surface area contributed by atoms with Crippen LogP contribution in [-0.4, -0.2) is 36.8 Å². The lowest BCUT2D eigenvalue weighted by Gasteiger charge is -2.07. The van der Waals surface area contributed by atoms with Gasteiger partial charge in [0.2, 0.25) is 5.91 Å². The molecule has 1 amide bonds. The molecule has 0 aliphatic heterocycles. The van der Waals surface area contributed by atoms with Crippen molar-refractivity contribution in [1.29, 1.82) is 0 Å². The summed E-state index contributed by atoms with van der Waals surface area (Å²) >= 11 is 5.75. The molecular formula is C19H20BrNO5S2. The van der Waals surface area contributed by atoms with Crippen LogP contribution < -0.4 is 5.32 Å². The molecule has 0 fully saturated rings. The highest BCUT2D eigenvalue weighted by Gasteiger charge is 2.27. The van der Waals surface area contributed by atoms with Gasteiger partial charge in [-0.25, -0.2) is 9.59 Å². The summed E-state index contributed by atoms with van der Waals surface area (Å²) in [6, 6.07) is 7.60. The van der Waals surface area contributed by atoms with E-state index in [2.05, 4.69) is 21.2 Å². The molecule has 0 bridgehead atoms. The van der Waals surface area contributed by atoms with Gasteiger partial charge in [0.25, 0.3) is 0 Å². The van der Waals surface area contributed by atoms with Crippen molar-refractivity contribution in [3.8, 4) is 0 Å². The second kappa shape index (κ2) is 10.6. The Kier molecular flexibility index (Phi) is 8.53. The molecular weight excluding hydrogens is 466 g/mol. The molecule has 0 aliphatic carbocycles. The van der Waals surface area contributed by atoms with Crippen LogP contribution in [0.25, 0.3) is 0 Å². The highest BCUT2D eigenvalue weighted by molar-refractivity contribution is 9.10. The van der Waals surface area contributed by atoms with E-state index in [0.29, 0.717) is 10.6 Å². The van der Waals surface area contributed by atoms with E-state index in [1.54, 1.807) is 20.8 Å². The number of rotatable bonds is 8. The van der Waals surface area contributed by atoms with E-state index in [4.69, 9.17) is 9.47 Å². The van der Waals surface area contributed by atoms with Crippen molar-refractivity contribution in [1.82, 2.24) is 0 Å². The topological polar surface area (TPSA) is 81.7 Å². The predicted molar refractivity (Wildman–Crippen MR) is 114 cm³/mol. The first-order valence-electron chi connectivity index (χ1n) is 8.53. The first-order valence-corrected chi connectivity index (χ1v) is 11.1. The van der Waals surface area contributed by atoms with Crippen LogP contribution in [0.3, 0.4) is 0 Å². The Balaban J connectivity index is 2.18. The SMILES string of the molecule is CCOC(=O)c1sc(NC(=O)CSc2ccc(Br)cc2)c(C(=O)OCC)c1C. The smallest absolute Gasteiger partial charge is 0.348 e. The first-order chi connectivity index (χ1) is 13.4. The Morgan fingerprint density at radius 3 is 2.29 bits per heavy atom. The number of benzene rings is 1. The van der Waals surface area contributed by atoms with Crippen molar-refractivity contribution in [2.75, 3.05) is 24.3 Å². The number of esters is 2. The van der Waals surface area contributed by atoms with Gasteiger partial charge in [-0.15, -0.1) is 23.1 Å². The molecule has 9 heteroatoms. The van der Waals surface area contributed by atoms with Crippen LogP contribution in [-0.2, 0) is 14.3 Å². The summed E-state index contributed by atoms with van der Waals surface area (Å²) in [6.07, 6.45) is 0. The Labute approximate surface area is 180 Å². The second-order valence-corrected chi connectivity index (χ2v) is 8.48. The Morgan fingerprint density at radius 2 is 1.68 bits per heavy atom. The van der Waals surface area contributed by atoms with Crippen LogP contribution in [0.2, 0.25) is 0 Å². The highest BCUT2D eigenvalue weighted by Crippen LogP contribution is 2.34. The van der Waals surface area contributed by atoms with Gasteiger partial charge in [0.05, 0.1) is 24.5 Å². The van der Waals surface area contributed by atoms with Gasteiger partial charge in [0.15, 0.2) is 0 Å². The summed E-state index contributed by atoms with van der Waals surface area (Å²) < 4.78 is 11.1. The van der Waals surface area contributed by atoms with E-state index in [9.17, 15) is 14.4 Å². The molecule has 28 heavy (non-hydrogen) atoms. The minimum absolute atomic E-state index is 0.162. The molecule has 0 unspecified atom stereocenters. The monoisotopic (exact) mass is 485 g/mol. The third-order valence-corrected chi connectivity index (χ3v) is 6.25. The molecule has 150 valence electrons. The van der Waals surface area contributed by atoms with Crippen molar-refractivity contribution in [2.24, 2.45) is 0 Å². The van der Waals surface area contributed by atoms with E-state index in [1.165, 1.54) is 11.8 Å². The number of nitrogens with one attached hydrogen (secondary N) is 1. The molecule has 6 nitrogen and oxygen atoms in total. The molecule has 1 N–H and O–H groups in total. The third-order valence-electron chi connectivity index (χ3n) is 3.52. The fourth-order valence-electron chi connectivity index (χ4n) is 2.28. The zero-order valence-electron chi connectivity index (χ0n) is 15.7. The maximum Gasteiger partial charge on any atom is 0.348 e. The number of amides is 1. The molecule has 1 aromatic heterocycles. The number of thioether (sulfide) groups is 1. The number of hydrogen-bond donors (Lipinski definition) is 1. The van der Waals surface area contributed by atoms with Gasteiger partial charge in [-0.3, -0.25) is 4.79 Å². The lowest BCUT2D eigenvalue weighted by Crippen LogP contribution is -2.16. The van der Waals surface area contributed by atoms with Gasteiger partial charge in [-0.1, -0.05) is 15.9 Å². The average Bonchev–Trinajstić information content (AvgIpc) is 2.97. The van der Waals surface area contributed by atoms with E-state index in [0.717, 1.165) is 20.7 Å². The zero-order chi connectivity index (χ0) is 20.7. The first kappa shape index (κ1) is 22.4. The van der Waals surface area contributed by atoms with Crippen molar-refractivity contribution < 1.29 is 23.9 Å². The molecule has 0 aliphatic rings. The van der Waals surface area contributed by atoms with Crippen LogP contribution in [0.5, 0.6) is 0 Å². The van der Waals surface area contributed by atoms with Crippen LogP contribution in [0, 0.1) is 6.92 Å². The molecule has 2 rings (SSSR count). The van der Waals surface area contributed by atoms with E-state index >= 15 is 0 Å². The summed E-state index contributed by atoms with van der Waals surface area (Å²) in [7, 11) is 0. The number of halogens is 1. The molecule has 0 saturated carbocycles. The molecule has 2 aromatic rings. The normalized spacial score (nSPS) is 10.4. The number of anilines is 1. The Hall–Kier alpha value is -1.84. The molecule has 1 aromatic carbocycles. The van der Waals surface area contributed by atoms with E-state index in [-0.39, 0.29) is 35.3 Å². The number of carbonyl (C=O) groups excluding carboxylic acids is 3. The van der Waals surface area contributed by atoms with E-state index in [1.807, 2.05) is 24.3 Å². The summed E-state index contributed by atoms with van der Waals surface area (Å²) in [5.41, 5.74) is 0.634. The van der Waals surface area contributed by atoms with Crippen molar-refractivity contribution in [3.05, 3.63) is 44.7 Å². The molecule has 0 spiro atoms. The van der Waals surface area contributed by atoms with Crippen LogP contribution in [0.4, 0.5) is 5.00 Å². The number of ether oxygens (including phenoxy) is 2. The summed E-state index contributed by atoms with van der Waals surface area (Å²) in [5, 5.41) is 3.02. The molecule has 1 heterocycles. The Bertz CT molecular complexity index is 864. The standard InChI is InChI=1S/C19H20BrNO5S2/c1-4-25-18(23)15-11(3)16(19(24)26-5-2)28-17(15)21-14(22)10-27-13-8-6-12(20)7-9-13/h6-9H,4-5,10H2,1-3H3,(H,21,22).